The molecule has 2 aromatic heterocycles. The Kier molecular flexibility index (Phi) is 3.42. The standard InChI is InChI=1S/C18H20N3/c1-12(2)14-9-16-18(19-10-14)20-11-17(21(16)4)15-8-6-5-7-13(15)3/h5-12H,1-4H3/q+1. The third kappa shape index (κ3) is 2.40. The molecule has 3 aromatic rings. The first-order chi connectivity index (χ1) is 10.1. The molecule has 0 fully saturated rings. The number of hydrogen-bond acceptors (Lipinski definition) is 2. The molecule has 21 heavy (non-hydrogen) atoms. The van der Waals surface area contributed by atoms with Crippen LogP contribution in [-0.2, 0) is 7.05 Å². The van der Waals surface area contributed by atoms with Crippen LogP contribution in [0.25, 0.3) is 22.4 Å². The molecule has 0 unspecified atom stereocenters. The second kappa shape index (κ2) is 5.24. The van der Waals surface area contributed by atoms with Crippen molar-refractivity contribution in [2.75, 3.05) is 0 Å². The zero-order chi connectivity index (χ0) is 15.0. The lowest BCUT2D eigenvalue weighted by atomic mass is 10.0. The highest BCUT2D eigenvalue weighted by atomic mass is 15.0. The minimum absolute atomic E-state index is 0.462. The third-order valence-electron chi connectivity index (χ3n) is 3.99. The molecule has 0 saturated heterocycles. The Balaban J connectivity index is 2.26. The van der Waals surface area contributed by atoms with Crippen molar-refractivity contribution in [2.24, 2.45) is 7.05 Å². The van der Waals surface area contributed by atoms with Crippen LogP contribution >= 0.6 is 0 Å². The van der Waals surface area contributed by atoms with Crippen molar-refractivity contribution >= 4 is 11.2 Å². The lowest BCUT2D eigenvalue weighted by Crippen LogP contribution is -2.33. The lowest BCUT2D eigenvalue weighted by Gasteiger charge is -2.07. The second-order valence-electron chi connectivity index (χ2n) is 5.78. The molecule has 3 nitrogen and oxygen atoms in total. The van der Waals surface area contributed by atoms with Crippen LogP contribution in [0, 0.1) is 6.92 Å². The van der Waals surface area contributed by atoms with Gasteiger partial charge in [-0.15, -0.1) is 0 Å². The fourth-order valence-corrected chi connectivity index (χ4v) is 2.57. The molecular formula is C18H20N3+. The predicted octanol–water partition coefficient (Wildman–Crippen LogP) is 3.55. The van der Waals surface area contributed by atoms with Gasteiger partial charge in [-0.25, -0.2) is 9.97 Å². The molecule has 106 valence electrons. The smallest absolute Gasteiger partial charge is 0.231 e. The minimum Gasteiger partial charge on any atom is -0.231 e. The maximum atomic E-state index is 4.53. The van der Waals surface area contributed by atoms with Crippen LogP contribution in [0.5, 0.6) is 0 Å². The van der Waals surface area contributed by atoms with Crippen LogP contribution in [0.1, 0.15) is 30.9 Å². The van der Waals surface area contributed by atoms with Crippen LogP contribution in [0.4, 0.5) is 0 Å². The van der Waals surface area contributed by atoms with E-state index in [-0.39, 0.29) is 0 Å². The second-order valence-corrected chi connectivity index (χ2v) is 5.78. The molecule has 0 amide bonds. The first-order valence-corrected chi connectivity index (χ1v) is 7.28. The van der Waals surface area contributed by atoms with E-state index in [9.17, 15) is 0 Å². The highest BCUT2D eigenvalue weighted by Crippen LogP contribution is 2.22. The number of aromatic nitrogens is 3. The molecule has 2 heterocycles. The summed E-state index contributed by atoms with van der Waals surface area (Å²) in [7, 11) is 2.08. The predicted molar refractivity (Wildman–Crippen MR) is 85.0 cm³/mol. The van der Waals surface area contributed by atoms with Crippen molar-refractivity contribution < 1.29 is 4.57 Å². The number of nitrogens with zero attached hydrogens (tertiary/aromatic N) is 3. The van der Waals surface area contributed by atoms with Gasteiger partial charge in [-0.1, -0.05) is 32.0 Å². The molecule has 0 radical (unpaired) electrons. The third-order valence-corrected chi connectivity index (χ3v) is 3.99. The fourth-order valence-electron chi connectivity index (χ4n) is 2.57. The summed E-state index contributed by atoms with van der Waals surface area (Å²) in [6.45, 7) is 6.49. The molecule has 0 aliphatic carbocycles. The van der Waals surface area contributed by atoms with E-state index < -0.39 is 0 Å². The van der Waals surface area contributed by atoms with Gasteiger partial charge < -0.3 is 0 Å². The van der Waals surface area contributed by atoms with Gasteiger partial charge in [0.15, 0.2) is 0 Å². The van der Waals surface area contributed by atoms with E-state index in [1.807, 2.05) is 12.4 Å². The van der Waals surface area contributed by atoms with Crippen molar-refractivity contribution in [3.63, 3.8) is 0 Å². The number of rotatable bonds is 2. The quantitative estimate of drug-likeness (QED) is 0.671. The van der Waals surface area contributed by atoms with E-state index in [1.165, 1.54) is 16.7 Å². The van der Waals surface area contributed by atoms with Gasteiger partial charge in [-0.2, -0.15) is 4.57 Å². The Morgan fingerprint density at radius 1 is 1.05 bits per heavy atom. The molecule has 3 rings (SSSR count). The van der Waals surface area contributed by atoms with Gasteiger partial charge in [-0.05, 0) is 30.0 Å². The Morgan fingerprint density at radius 2 is 1.76 bits per heavy atom. The van der Waals surface area contributed by atoms with Crippen molar-refractivity contribution in [2.45, 2.75) is 26.7 Å². The molecule has 0 N–H and O–H groups in total. The zero-order valence-electron chi connectivity index (χ0n) is 13.0. The molecule has 0 saturated carbocycles. The fraction of sp³-hybridized carbons (Fsp3) is 0.278. The Morgan fingerprint density at radius 3 is 2.48 bits per heavy atom. The Labute approximate surface area is 125 Å². The van der Waals surface area contributed by atoms with Crippen LogP contribution in [0.15, 0.2) is 42.7 Å². The molecule has 1 aromatic carbocycles. The Hall–Kier alpha value is -2.29. The van der Waals surface area contributed by atoms with Crippen molar-refractivity contribution in [3.05, 3.63) is 53.9 Å². The summed E-state index contributed by atoms with van der Waals surface area (Å²) in [5.74, 6) is 0.462. The topological polar surface area (TPSA) is 29.7 Å². The summed E-state index contributed by atoms with van der Waals surface area (Å²) in [6, 6.07) is 10.6. The van der Waals surface area contributed by atoms with Gasteiger partial charge in [0.25, 0.3) is 5.52 Å². The average molecular weight is 278 g/mol. The molecular weight excluding hydrogens is 258 g/mol. The Bertz CT molecular complexity index is 807. The monoisotopic (exact) mass is 278 g/mol. The van der Waals surface area contributed by atoms with Crippen LogP contribution in [0.2, 0.25) is 0 Å². The number of aryl methyl sites for hydroxylation is 2. The van der Waals surface area contributed by atoms with Crippen LogP contribution in [0.3, 0.4) is 0 Å². The maximum absolute atomic E-state index is 4.53. The minimum atomic E-state index is 0.462. The highest BCUT2D eigenvalue weighted by molar-refractivity contribution is 5.70. The number of hydrogen-bond donors (Lipinski definition) is 0. The highest BCUT2D eigenvalue weighted by Gasteiger charge is 2.18. The summed E-state index contributed by atoms with van der Waals surface area (Å²) < 4.78 is 2.18. The van der Waals surface area contributed by atoms with Crippen LogP contribution in [-0.4, -0.2) is 9.97 Å². The van der Waals surface area contributed by atoms with E-state index in [1.54, 1.807) is 0 Å². The van der Waals surface area contributed by atoms with E-state index in [0.29, 0.717) is 5.92 Å². The summed E-state index contributed by atoms with van der Waals surface area (Å²) in [6.07, 6.45) is 3.83. The summed E-state index contributed by atoms with van der Waals surface area (Å²) in [5.41, 5.74) is 6.68. The number of pyridine rings is 1. The molecule has 0 aliphatic rings. The van der Waals surface area contributed by atoms with Gasteiger partial charge in [0.1, 0.15) is 13.2 Å². The van der Waals surface area contributed by atoms with Gasteiger partial charge in [0, 0.05) is 12.3 Å². The lowest BCUT2D eigenvalue weighted by molar-refractivity contribution is -0.634. The molecule has 0 spiro atoms. The largest absolute Gasteiger partial charge is 0.251 e. The van der Waals surface area contributed by atoms with Gasteiger partial charge in [-0.3, -0.25) is 0 Å². The van der Waals surface area contributed by atoms with E-state index >= 15 is 0 Å². The van der Waals surface area contributed by atoms with Crippen molar-refractivity contribution in [1.29, 1.82) is 0 Å². The van der Waals surface area contributed by atoms with Gasteiger partial charge in [0.2, 0.25) is 11.3 Å². The van der Waals surface area contributed by atoms with E-state index in [0.717, 1.165) is 16.9 Å². The summed E-state index contributed by atoms with van der Waals surface area (Å²) >= 11 is 0. The summed E-state index contributed by atoms with van der Waals surface area (Å²) in [5, 5.41) is 0. The van der Waals surface area contributed by atoms with Crippen molar-refractivity contribution in [1.82, 2.24) is 9.97 Å². The normalized spacial score (nSPS) is 11.3. The molecule has 0 bridgehead atoms. The zero-order valence-corrected chi connectivity index (χ0v) is 13.0. The van der Waals surface area contributed by atoms with E-state index in [4.69, 9.17) is 0 Å². The van der Waals surface area contributed by atoms with E-state index in [2.05, 4.69) is 72.7 Å². The number of benzene rings is 1. The first-order valence-electron chi connectivity index (χ1n) is 7.28. The maximum Gasteiger partial charge on any atom is 0.251 e. The van der Waals surface area contributed by atoms with Crippen LogP contribution < -0.4 is 4.57 Å². The molecule has 0 atom stereocenters. The van der Waals surface area contributed by atoms with Gasteiger partial charge in [0.05, 0.1) is 5.56 Å². The SMILES string of the molecule is Cc1ccccc1-c1cnc2ncc(C(C)C)cc2[n+]1C. The number of fused-ring (bicyclic) bond motifs is 1. The molecule has 0 aliphatic heterocycles. The molecule has 3 heteroatoms. The first kappa shape index (κ1) is 13.7. The van der Waals surface area contributed by atoms with Gasteiger partial charge >= 0.3 is 0 Å². The average Bonchev–Trinajstić information content (AvgIpc) is 2.48. The summed E-state index contributed by atoms with van der Waals surface area (Å²) in [4.78, 5) is 9.02. The van der Waals surface area contributed by atoms with Crippen molar-refractivity contribution in [3.8, 4) is 11.3 Å².